The highest BCUT2D eigenvalue weighted by molar-refractivity contribution is 7.60. The van der Waals surface area contributed by atoms with Crippen LogP contribution >= 0.6 is 7.80 Å². The molecule has 2 heterocycles. The topological polar surface area (TPSA) is 52.1 Å². The van der Waals surface area contributed by atoms with Crippen molar-refractivity contribution in [3.8, 4) is 22.9 Å². The monoisotopic (exact) mass is 371 g/mol. The Kier molecular flexibility index (Phi) is 4.99. The van der Waals surface area contributed by atoms with Crippen LogP contribution in [0.1, 0.15) is 0 Å². The van der Waals surface area contributed by atoms with Crippen molar-refractivity contribution in [3.05, 3.63) is 97.1 Å². The number of hydrogen-bond acceptors (Lipinski definition) is 4. The van der Waals surface area contributed by atoms with Crippen LogP contribution in [0.3, 0.4) is 0 Å². The Balaban J connectivity index is 1.61. The maximum atomic E-state index is 13.0. The molecule has 0 aliphatic carbocycles. The second kappa shape index (κ2) is 7.90. The highest BCUT2D eigenvalue weighted by atomic mass is 31.1. The van der Waals surface area contributed by atoms with E-state index in [0.29, 0.717) is 22.5 Å². The Hall–Kier alpha value is -3.36. The lowest BCUT2D eigenvalue weighted by Crippen LogP contribution is -2.13. The van der Waals surface area contributed by atoms with Gasteiger partial charge in [0.2, 0.25) is 5.88 Å². The molecular weight excluding hydrogens is 355 g/mol. The van der Waals surface area contributed by atoms with Crippen LogP contribution in [0.4, 0.5) is 0 Å². The highest BCUT2D eigenvalue weighted by Gasteiger charge is 2.28. The average molecular weight is 371 g/mol. The number of pyridine rings is 2. The van der Waals surface area contributed by atoms with Crippen LogP contribution in [0.25, 0.3) is 11.3 Å². The van der Waals surface area contributed by atoms with E-state index in [1.54, 1.807) is 24.3 Å². The summed E-state index contributed by atoms with van der Waals surface area (Å²) in [5.41, 5.74) is 2.71. The Labute approximate surface area is 158 Å². The lowest BCUT2D eigenvalue weighted by atomic mass is 10.1. The number of rotatable bonds is 5. The molecular formula is C22H16N2O2P+. The molecule has 2 aromatic heterocycles. The maximum absolute atomic E-state index is 13.0. The summed E-state index contributed by atoms with van der Waals surface area (Å²) >= 11 is 0. The van der Waals surface area contributed by atoms with Gasteiger partial charge < -0.3 is 4.74 Å². The van der Waals surface area contributed by atoms with Gasteiger partial charge in [0.25, 0.3) is 10.9 Å². The molecule has 27 heavy (non-hydrogen) atoms. The van der Waals surface area contributed by atoms with Crippen molar-refractivity contribution in [3.63, 3.8) is 0 Å². The molecule has 0 spiro atoms. The SMILES string of the molecule is O=[P+](c1cccc(Oc2ccccc2)n1)c1cccc(-c2ccccc2)n1. The summed E-state index contributed by atoms with van der Waals surface area (Å²) in [6.45, 7) is 0. The highest BCUT2D eigenvalue weighted by Crippen LogP contribution is 2.23. The Morgan fingerprint density at radius 2 is 1.26 bits per heavy atom. The zero-order valence-electron chi connectivity index (χ0n) is 14.4. The van der Waals surface area contributed by atoms with Gasteiger partial charge in [0.15, 0.2) is 0 Å². The summed E-state index contributed by atoms with van der Waals surface area (Å²) in [4.78, 5) is 8.97. The van der Waals surface area contributed by atoms with E-state index >= 15 is 0 Å². The van der Waals surface area contributed by atoms with Crippen LogP contribution < -0.4 is 15.6 Å². The number of ether oxygens (including phenoxy) is 1. The van der Waals surface area contributed by atoms with Crippen molar-refractivity contribution in [1.82, 2.24) is 9.97 Å². The van der Waals surface area contributed by atoms with Crippen molar-refractivity contribution in [2.24, 2.45) is 0 Å². The molecule has 0 fully saturated rings. The number of aromatic nitrogens is 2. The first-order valence-electron chi connectivity index (χ1n) is 8.49. The average Bonchev–Trinajstić information content (AvgIpc) is 2.75. The number of benzene rings is 2. The molecule has 1 unspecified atom stereocenters. The zero-order valence-corrected chi connectivity index (χ0v) is 15.3. The van der Waals surface area contributed by atoms with Crippen molar-refractivity contribution in [2.45, 2.75) is 0 Å². The molecule has 130 valence electrons. The number of para-hydroxylation sites is 1. The van der Waals surface area contributed by atoms with Crippen LogP contribution in [0.5, 0.6) is 11.6 Å². The molecule has 4 aromatic rings. The Morgan fingerprint density at radius 3 is 2.00 bits per heavy atom. The maximum Gasteiger partial charge on any atom is 0.455 e. The molecule has 0 N–H and O–H groups in total. The minimum atomic E-state index is -1.92. The fraction of sp³-hybridized carbons (Fsp3) is 0. The third-order valence-corrected chi connectivity index (χ3v) is 5.23. The van der Waals surface area contributed by atoms with E-state index in [2.05, 4.69) is 9.97 Å². The molecule has 0 amide bonds. The van der Waals surface area contributed by atoms with Gasteiger partial charge in [-0.1, -0.05) is 65.2 Å². The van der Waals surface area contributed by atoms with Gasteiger partial charge in [-0.15, -0.1) is 0 Å². The van der Waals surface area contributed by atoms with Gasteiger partial charge in [0.1, 0.15) is 5.75 Å². The summed E-state index contributed by atoms with van der Waals surface area (Å²) in [5.74, 6) is 1.09. The smallest absolute Gasteiger partial charge is 0.439 e. The molecule has 2 aromatic carbocycles. The molecule has 4 rings (SSSR count). The molecule has 5 heteroatoms. The molecule has 0 bridgehead atoms. The van der Waals surface area contributed by atoms with Gasteiger partial charge in [-0.25, -0.2) is 4.98 Å². The summed E-state index contributed by atoms with van der Waals surface area (Å²) in [5, 5.41) is 0. The van der Waals surface area contributed by atoms with Gasteiger partial charge in [0.05, 0.1) is 5.69 Å². The normalized spacial score (nSPS) is 11.0. The second-order valence-electron chi connectivity index (χ2n) is 5.79. The van der Waals surface area contributed by atoms with Crippen LogP contribution in [-0.2, 0) is 4.57 Å². The largest absolute Gasteiger partial charge is 0.455 e. The minimum absolute atomic E-state index is 0.404. The number of nitrogens with zero attached hydrogens (tertiary/aromatic N) is 2. The van der Waals surface area contributed by atoms with E-state index in [9.17, 15) is 4.57 Å². The van der Waals surface area contributed by atoms with E-state index in [1.807, 2.05) is 72.8 Å². The quantitative estimate of drug-likeness (QED) is 0.477. The minimum Gasteiger partial charge on any atom is -0.439 e. The molecule has 4 nitrogen and oxygen atoms in total. The summed E-state index contributed by atoms with van der Waals surface area (Å²) in [7, 11) is -1.92. The summed E-state index contributed by atoms with van der Waals surface area (Å²) in [6, 6.07) is 30.0. The van der Waals surface area contributed by atoms with Gasteiger partial charge in [-0.3, -0.25) is 0 Å². The van der Waals surface area contributed by atoms with Crippen LogP contribution in [0.15, 0.2) is 97.1 Å². The van der Waals surface area contributed by atoms with Crippen LogP contribution in [0.2, 0.25) is 0 Å². The van der Waals surface area contributed by atoms with Gasteiger partial charge >= 0.3 is 7.80 Å². The molecule has 0 saturated heterocycles. The summed E-state index contributed by atoms with van der Waals surface area (Å²) < 4.78 is 18.7. The molecule has 0 aliphatic rings. The van der Waals surface area contributed by atoms with E-state index < -0.39 is 7.80 Å². The van der Waals surface area contributed by atoms with Crippen molar-refractivity contribution in [1.29, 1.82) is 0 Å². The third-order valence-electron chi connectivity index (χ3n) is 3.89. The Bertz CT molecular complexity index is 1070. The molecule has 0 radical (unpaired) electrons. The molecule has 1 atom stereocenters. The van der Waals surface area contributed by atoms with E-state index in [1.165, 1.54) is 0 Å². The fourth-order valence-electron chi connectivity index (χ4n) is 2.61. The predicted octanol–water partition coefficient (Wildman–Crippen LogP) is 4.71. The lowest BCUT2D eigenvalue weighted by molar-refractivity contribution is 0.464. The third kappa shape index (κ3) is 4.08. The van der Waals surface area contributed by atoms with Gasteiger partial charge in [0, 0.05) is 23.8 Å². The van der Waals surface area contributed by atoms with E-state index in [-0.39, 0.29) is 0 Å². The first-order valence-corrected chi connectivity index (χ1v) is 9.75. The first kappa shape index (κ1) is 17.1. The van der Waals surface area contributed by atoms with E-state index in [0.717, 1.165) is 11.3 Å². The lowest BCUT2D eigenvalue weighted by Gasteiger charge is -2.03. The Morgan fingerprint density at radius 1 is 0.630 bits per heavy atom. The van der Waals surface area contributed by atoms with Crippen LogP contribution in [-0.4, -0.2) is 9.97 Å². The first-order chi connectivity index (χ1) is 13.3. The zero-order chi connectivity index (χ0) is 18.5. The van der Waals surface area contributed by atoms with Gasteiger partial charge in [-0.2, -0.15) is 4.98 Å². The molecule has 0 saturated carbocycles. The van der Waals surface area contributed by atoms with E-state index in [4.69, 9.17) is 4.74 Å². The second-order valence-corrected chi connectivity index (χ2v) is 7.30. The van der Waals surface area contributed by atoms with Crippen LogP contribution in [0, 0.1) is 0 Å². The predicted molar refractivity (Wildman–Crippen MR) is 107 cm³/mol. The standard InChI is InChI=1S/C22H16N2O2P/c25-27(21-15-7-13-19(23-21)17-9-3-1-4-10-17)22-16-8-14-20(24-22)26-18-11-5-2-6-12-18/h1-16H/q+1. The number of hydrogen-bond donors (Lipinski definition) is 0. The van der Waals surface area contributed by atoms with Crippen molar-refractivity contribution < 1.29 is 9.30 Å². The fourth-order valence-corrected chi connectivity index (χ4v) is 3.67. The van der Waals surface area contributed by atoms with Crippen molar-refractivity contribution in [2.75, 3.05) is 0 Å². The van der Waals surface area contributed by atoms with Gasteiger partial charge in [-0.05, 0) is 18.2 Å². The van der Waals surface area contributed by atoms with Crippen molar-refractivity contribution >= 4 is 18.7 Å². The molecule has 0 aliphatic heterocycles. The summed E-state index contributed by atoms with van der Waals surface area (Å²) in [6.07, 6.45) is 0.